The van der Waals surface area contributed by atoms with Crippen molar-refractivity contribution in [3.63, 3.8) is 0 Å². The lowest BCUT2D eigenvalue weighted by Gasteiger charge is -2.32. The molecular formula is C19H21N5O2. The minimum Gasteiger partial charge on any atom is -0.497 e. The van der Waals surface area contributed by atoms with Crippen LogP contribution in [0.3, 0.4) is 0 Å². The van der Waals surface area contributed by atoms with Crippen molar-refractivity contribution >= 4 is 17.1 Å². The van der Waals surface area contributed by atoms with Gasteiger partial charge in [0.05, 0.1) is 19.2 Å². The Kier molecular flexibility index (Phi) is 4.51. The number of nitrogens with zero attached hydrogens (tertiary/aromatic N) is 4. The Labute approximate surface area is 151 Å². The van der Waals surface area contributed by atoms with E-state index in [0.717, 1.165) is 41.9 Å². The number of benzene rings is 1. The van der Waals surface area contributed by atoms with Crippen molar-refractivity contribution in [1.82, 2.24) is 25.1 Å². The summed E-state index contributed by atoms with van der Waals surface area (Å²) in [4.78, 5) is 23.3. The minimum atomic E-state index is 0.137. The fourth-order valence-electron chi connectivity index (χ4n) is 3.56. The van der Waals surface area contributed by atoms with E-state index in [9.17, 15) is 4.79 Å². The van der Waals surface area contributed by atoms with Gasteiger partial charge in [0.1, 0.15) is 11.3 Å². The van der Waals surface area contributed by atoms with Crippen LogP contribution >= 0.6 is 0 Å². The molecule has 0 aliphatic carbocycles. The van der Waals surface area contributed by atoms with Gasteiger partial charge in [-0.2, -0.15) is 5.10 Å². The third-order valence-corrected chi connectivity index (χ3v) is 4.89. The molecule has 4 rings (SSSR count). The fourth-order valence-corrected chi connectivity index (χ4v) is 3.56. The number of ether oxygens (including phenoxy) is 1. The van der Waals surface area contributed by atoms with Crippen molar-refractivity contribution < 1.29 is 9.53 Å². The van der Waals surface area contributed by atoms with Gasteiger partial charge in [0.2, 0.25) is 5.91 Å². The lowest BCUT2D eigenvalue weighted by atomic mass is 9.94. The molecule has 0 saturated carbocycles. The van der Waals surface area contributed by atoms with Gasteiger partial charge >= 0.3 is 0 Å². The van der Waals surface area contributed by atoms with Gasteiger partial charge in [0, 0.05) is 31.4 Å². The Morgan fingerprint density at radius 3 is 3.12 bits per heavy atom. The van der Waals surface area contributed by atoms with Crippen LogP contribution < -0.4 is 4.74 Å². The molecule has 0 radical (unpaired) electrons. The lowest BCUT2D eigenvalue weighted by Crippen LogP contribution is -2.40. The topological polar surface area (TPSA) is 84.0 Å². The van der Waals surface area contributed by atoms with Crippen molar-refractivity contribution in [2.45, 2.75) is 25.2 Å². The molecule has 1 saturated heterocycles. The summed E-state index contributed by atoms with van der Waals surface area (Å²) in [5, 5.41) is 7.31. The quantitative estimate of drug-likeness (QED) is 0.780. The first-order valence-corrected chi connectivity index (χ1v) is 8.80. The molecule has 1 fully saturated rings. The number of fused-ring (bicyclic) bond motifs is 1. The number of hydrogen-bond acceptors (Lipinski definition) is 5. The summed E-state index contributed by atoms with van der Waals surface area (Å²) < 4.78 is 5.24. The predicted octanol–water partition coefficient (Wildman–Crippen LogP) is 2.31. The number of nitrogens with one attached hydrogen (secondary N) is 1. The van der Waals surface area contributed by atoms with E-state index in [2.05, 4.69) is 20.2 Å². The van der Waals surface area contributed by atoms with Crippen LogP contribution in [-0.4, -0.2) is 51.2 Å². The van der Waals surface area contributed by atoms with Gasteiger partial charge < -0.3 is 9.64 Å². The summed E-state index contributed by atoms with van der Waals surface area (Å²) in [5.74, 6) is 1.12. The summed E-state index contributed by atoms with van der Waals surface area (Å²) >= 11 is 0. The molecule has 0 spiro atoms. The van der Waals surface area contributed by atoms with Crippen LogP contribution in [0, 0.1) is 0 Å². The minimum absolute atomic E-state index is 0.137. The van der Waals surface area contributed by atoms with Crippen LogP contribution in [0.25, 0.3) is 11.2 Å². The largest absolute Gasteiger partial charge is 0.497 e. The van der Waals surface area contributed by atoms with E-state index in [1.807, 2.05) is 29.2 Å². The summed E-state index contributed by atoms with van der Waals surface area (Å²) in [6, 6.07) is 7.67. The number of aromatic nitrogens is 4. The zero-order valence-corrected chi connectivity index (χ0v) is 14.7. The Balaban J connectivity index is 1.48. The number of hydrogen-bond donors (Lipinski definition) is 1. The Hall–Kier alpha value is -2.96. The number of likely N-dealkylation sites (tertiary alicyclic amines) is 1. The molecule has 134 valence electrons. The van der Waals surface area contributed by atoms with Crippen LogP contribution in [0.15, 0.2) is 36.7 Å². The smallest absolute Gasteiger partial charge is 0.227 e. The van der Waals surface area contributed by atoms with Crippen molar-refractivity contribution in [1.29, 1.82) is 0 Å². The van der Waals surface area contributed by atoms with Crippen LogP contribution in [0.1, 0.15) is 30.0 Å². The molecule has 1 aliphatic heterocycles. The molecule has 26 heavy (non-hydrogen) atoms. The normalized spacial score (nSPS) is 17.4. The van der Waals surface area contributed by atoms with E-state index in [0.29, 0.717) is 18.6 Å². The summed E-state index contributed by atoms with van der Waals surface area (Å²) in [7, 11) is 1.63. The van der Waals surface area contributed by atoms with E-state index < -0.39 is 0 Å². The first-order chi connectivity index (χ1) is 12.7. The van der Waals surface area contributed by atoms with Crippen LogP contribution in [0.4, 0.5) is 0 Å². The number of carbonyl (C=O) groups excluding carboxylic acids is 1. The van der Waals surface area contributed by atoms with Crippen molar-refractivity contribution in [3.05, 3.63) is 47.9 Å². The van der Waals surface area contributed by atoms with Gasteiger partial charge in [-0.05, 0) is 30.5 Å². The summed E-state index contributed by atoms with van der Waals surface area (Å²) in [6.07, 6.45) is 5.67. The SMILES string of the molecule is COc1cccc(CC(=O)N2CCCC(c3[nH]nc4nccnc34)C2)c1. The van der Waals surface area contributed by atoms with Gasteiger partial charge in [0.15, 0.2) is 5.65 Å². The van der Waals surface area contributed by atoms with E-state index in [-0.39, 0.29) is 11.8 Å². The molecule has 0 bridgehead atoms. The number of rotatable bonds is 4. The maximum absolute atomic E-state index is 12.8. The molecule has 1 amide bonds. The second-order valence-electron chi connectivity index (χ2n) is 6.57. The van der Waals surface area contributed by atoms with Crippen LogP contribution in [0.5, 0.6) is 5.75 Å². The van der Waals surface area contributed by atoms with Crippen LogP contribution in [0.2, 0.25) is 0 Å². The maximum Gasteiger partial charge on any atom is 0.227 e. The van der Waals surface area contributed by atoms with E-state index in [1.54, 1.807) is 19.5 Å². The lowest BCUT2D eigenvalue weighted by molar-refractivity contribution is -0.131. The molecule has 1 atom stereocenters. The van der Waals surface area contributed by atoms with E-state index in [4.69, 9.17) is 4.74 Å². The molecule has 7 nitrogen and oxygen atoms in total. The van der Waals surface area contributed by atoms with E-state index in [1.165, 1.54) is 0 Å². The monoisotopic (exact) mass is 351 g/mol. The average molecular weight is 351 g/mol. The molecule has 1 unspecified atom stereocenters. The standard InChI is InChI=1S/C19H21N5O2/c1-26-15-6-2-4-13(10-15)11-16(25)24-9-3-5-14(12-24)17-18-19(23-22-17)21-8-7-20-18/h2,4,6-8,10,14H,3,5,9,11-12H2,1H3,(H,21,22,23). The number of aromatic amines is 1. The highest BCUT2D eigenvalue weighted by molar-refractivity contribution is 5.79. The van der Waals surface area contributed by atoms with Gasteiger partial charge in [-0.3, -0.25) is 9.89 Å². The number of amides is 1. The third kappa shape index (κ3) is 3.24. The van der Waals surface area contributed by atoms with Crippen molar-refractivity contribution in [2.75, 3.05) is 20.2 Å². The molecule has 2 aromatic heterocycles. The van der Waals surface area contributed by atoms with Gasteiger partial charge in [-0.25, -0.2) is 9.97 Å². The molecular weight excluding hydrogens is 330 g/mol. The van der Waals surface area contributed by atoms with Crippen molar-refractivity contribution in [3.8, 4) is 5.75 Å². The molecule has 3 aromatic rings. The molecule has 1 aromatic carbocycles. The van der Waals surface area contributed by atoms with Gasteiger partial charge in [0.25, 0.3) is 0 Å². The van der Waals surface area contributed by atoms with Gasteiger partial charge in [-0.1, -0.05) is 12.1 Å². The Morgan fingerprint density at radius 1 is 1.35 bits per heavy atom. The molecule has 1 aliphatic rings. The highest BCUT2D eigenvalue weighted by Crippen LogP contribution is 2.29. The fraction of sp³-hybridized carbons (Fsp3) is 0.368. The number of carbonyl (C=O) groups is 1. The average Bonchev–Trinajstić information content (AvgIpc) is 3.12. The van der Waals surface area contributed by atoms with Crippen molar-refractivity contribution in [2.24, 2.45) is 0 Å². The Morgan fingerprint density at radius 2 is 2.23 bits per heavy atom. The first kappa shape index (κ1) is 16.5. The molecule has 1 N–H and O–H groups in total. The second-order valence-corrected chi connectivity index (χ2v) is 6.57. The predicted molar refractivity (Wildman–Crippen MR) is 96.9 cm³/mol. The number of H-pyrrole nitrogens is 1. The maximum atomic E-state index is 12.8. The summed E-state index contributed by atoms with van der Waals surface area (Å²) in [6.45, 7) is 1.47. The zero-order chi connectivity index (χ0) is 17.9. The van der Waals surface area contributed by atoms with Gasteiger partial charge in [-0.15, -0.1) is 0 Å². The molecule has 7 heteroatoms. The zero-order valence-electron chi connectivity index (χ0n) is 14.7. The Bertz CT molecular complexity index is 923. The van der Waals surface area contributed by atoms with E-state index >= 15 is 0 Å². The third-order valence-electron chi connectivity index (χ3n) is 4.89. The summed E-state index contributed by atoms with van der Waals surface area (Å²) in [5.41, 5.74) is 3.38. The number of methoxy groups -OCH3 is 1. The first-order valence-electron chi connectivity index (χ1n) is 8.80. The highest BCUT2D eigenvalue weighted by Gasteiger charge is 2.27. The molecule has 3 heterocycles. The second kappa shape index (κ2) is 7.11. The number of piperidine rings is 1. The van der Waals surface area contributed by atoms with Crippen LogP contribution in [-0.2, 0) is 11.2 Å². The highest BCUT2D eigenvalue weighted by atomic mass is 16.5.